The molecule has 0 radical (unpaired) electrons. The fraction of sp³-hybridized carbons (Fsp3) is 0.235. The van der Waals surface area contributed by atoms with Gasteiger partial charge in [0.1, 0.15) is 0 Å². The maximum atomic E-state index is 13.2. The Hall–Kier alpha value is -3.05. The number of amides is 1. The number of carbonyl (C=O) groups excluding carboxylic acids is 1. The van der Waals surface area contributed by atoms with Crippen LogP contribution in [0.5, 0.6) is 0 Å². The molecule has 0 saturated heterocycles. The van der Waals surface area contributed by atoms with Crippen LogP contribution in [-0.2, 0) is 6.18 Å². The van der Waals surface area contributed by atoms with Gasteiger partial charge in [-0.2, -0.15) is 17.9 Å². The topological polar surface area (TPSA) is 106 Å². The molecule has 12 heteroatoms. The number of benzene rings is 1. The minimum absolute atomic E-state index is 0.0400. The third-order valence-corrected chi connectivity index (χ3v) is 4.05. The van der Waals surface area contributed by atoms with E-state index < -0.39 is 23.9 Å². The number of rotatable bonds is 5. The predicted octanol–water partition coefficient (Wildman–Crippen LogP) is 2.51. The van der Waals surface area contributed by atoms with Crippen LogP contribution in [-0.4, -0.2) is 48.9 Å². The quantitative estimate of drug-likeness (QED) is 0.649. The van der Waals surface area contributed by atoms with Crippen LogP contribution in [0.2, 0.25) is 5.02 Å². The van der Waals surface area contributed by atoms with Crippen LogP contribution in [0.15, 0.2) is 36.5 Å². The van der Waals surface area contributed by atoms with E-state index in [0.717, 1.165) is 0 Å². The van der Waals surface area contributed by atoms with Gasteiger partial charge < -0.3 is 10.4 Å². The molecule has 0 fully saturated rings. The number of alkyl halides is 3. The van der Waals surface area contributed by atoms with Gasteiger partial charge in [0.15, 0.2) is 0 Å². The van der Waals surface area contributed by atoms with Gasteiger partial charge in [-0.3, -0.25) is 9.78 Å². The standard InChI is InChI=1S/C17H14ClF3N6O2/c1-9(8-28)23-15(29)11-4-10(14-3-2-12(18)7-22-14)5-13(6-11)27-16(17(19,20)21)24-25-26-27/h2-7,9,28H,8H2,1H3,(H,23,29)/t9-/m0/s1. The number of carbonyl (C=O) groups is 1. The first-order valence-electron chi connectivity index (χ1n) is 8.23. The molecule has 2 N–H and O–H groups in total. The Bertz CT molecular complexity index is 1020. The van der Waals surface area contributed by atoms with Gasteiger partial charge >= 0.3 is 6.18 Å². The monoisotopic (exact) mass is 426 g/mol. The summed E-state index contributed by atoms with van der Waals surface area (Å²) in [6.45, 7) is 1.27. The van der Waals surface area contributed by atoms with Crippen LogP contribution in [0.4, 0.5) is 13.2 Å². The molecular weight excluding hydrogens is 413 g/mol. The highest BCUT2D eigenvalue weighted by molar-refractivity contribution is 6.30. The first-order valence-corrected chi connectivity index (χ1v) is 8.61. The minimum Gasteiger partial charge on any atom is -0.394 e. The largest absolute Gasteiger partial charge is 0.453 e. The molecule has 0 saturated carbocycles. The second kappa shape index (κ2) is 8.13. The van der Waals surface area contributed by atoms with Crippen LogP contribution >= 0.6 is 11.6 Å². The van der Waals surface area contributed by atoms with E-state index >= 15 is 0 Å². The lowest BCUT2D eigenvalue weighted by molar-refractivity contribution is -0.146. The van der Waals surface area contributed by atoms with Crippen LogP contribution in [0.25, 0.3) is 16.9 Å². The van der Waals surface area contributed by atoms with Gasteiger partial charge in [0, 0.05) is 23.4 Å². The lowest BCUT2D eigenvalue weighted by Crippen LogP contribution is -2.35. The van der Waals surface area contributed by atoms with Gasteiger partial charge in [0.25, 0.3) is 11.7 Å². The first-order chi connectivity index (χ1) is 13.7. The Kier molecular flexibility index (Phi) is 5.80. The zero-order valence-electron chi connectivity index (χ0n) is 14.9. The van der Waals surface area contributed by atoms with Gasteiger partial charge in [-0.15, -0.1) is 5.10 Å². The zero-order chi connectivity index (χ0) is 21.2. The van der Waals surface area contributed by atoms with Gasteiger partial charge in [-0.25, -0.2) is 0 Å². The molecule has 29 heavy (non-hydrogen) atoms. The number of hydrogen-bond acceptors (Lipinski definition) is 6. The fourth-order valence-corrected chi connectivity index (χ4v) is 2.56. The molecule has 0 aliphatic heterocycles. The molecule has 152 valence electrons. The van der Waals surface area contributed by atoms with Gasteiger partial charge in [-0.05, 0) is 47.7 Å². The van der Waals surface area contributed by atoms with E-state index in [9.17, 15) is 18.0 Å². The normalized spacial score (nSPS) is 12.6. The molecule has 2 aromatic heterocycles. The van der Waals surface area contributed by atoms with E-state index in [1.165, 1.54) is 24.4 Å². The predicted molar refractivity (Wildman–Crippen MR) is 96.4 cm³/mol. The summed E-state index contributed by atoms with van der Waals surface area (Å²) >= 11 is 5.83. The number of aliphatic hydroxyl groups excluding tert-OH is 1. The minimum atomic E-state index is -4.80. The Balaban J connectivity index is 2.14. The zero-order valence-corrected chi connectivity index (χ0v) is 15.6. The van der Waals surface area contributed by atoms with E-state index in [1.807, 2.05) is 0 Å². The molecule has 0 spiro atoms. The summed E-state index contributed by atoms with van der Waals surface area (Å²) in [7, 11) is 0. The summed E-state index contributed by atoms with van der Waals surface area (Å²) in [5.74, 6) is -1.93. The third kappa shape index (κ3) is 4.69. The molecule has 1 aromatic carbocycles. The van der Waals surface area contributed by atoms with Crippen molar-refractivity contribution in [2.45, 2.75) is 19.1 Å². The number of aromatic nitrogens is 5. The summed E-state index contributed by atoms with van der Waals surface area (Å²) in [6, 6.07) is 6.60. The van der Waals surface area contributed by atoms with Gasteiger partial charge in [-0.1, -0.05) is 11.6 Å². The average Bonchev–Trinajstić information content (AvgIpc) is 3.18. The molecule has 2 heterocycles. The Morgan fingerprint density at radius 2 is 2.07 bits per heavy atom. The highest BCUT2D eigenvalue weighted by Gasteiger charge is 2.38. The molecular formula is C17H14ClF3N6O2. The Morgan fingerprint density at radius 1 is 1.31 bits per heavy atom. The summed E-state index contributed by atoms with van der Waals surface area (Å²) < 4.78 is 40.1. The van der Waals surface area contributed by atoms with Crippen molar-refractivity contribution in [2.75, 3.05) is 6.61 Å². The molecule has 3 rings (SSSR count). The Labute approximate surface area is 167 Å². The number of aliphatic hydroxyl groups is 1. The highest BCUT2D eigenvalue weighted by Crippen LogP contribution is 2.30. The van der Waals surface area contributed by atoms with E-state index in [1.54, 1.807) is 19.1 Å². The molecule has 1 amide bonds. The van der Waals surface area contributed by atoms with Crippen molar-refractivity contribution in [1.29, 1.82) is 0 Å². The maximum absolute atomic E-state index is 13.2. The van der Waals surface area contributed by atoms with Crippen molar-refractivity contribution >= 4 is 17.5 Å². The number of nitrogens with zero attached hydrogens (tertiary/aromatic N) is 5. The van der Waals surface area contributed by atoms with Gasteiger partial charge in [0.05, 0.1) is 23.0 Å². The summed E-state index contributed by atoms with van der Waals surface area (Å²) in [5.41, 5.74) is 0.684. The lowest BCUT2D eigenvalue weighted by Gasteiger charge is -2.14. The van der Waals surface area contributed by atoms with Crippen molar-refractivity contribution in [3.8, 4) is 16.9 Å². The van der Waals surface area contributed by atoms with Gasteiger partial charge in [0.2, 0.25) is 0 Å². The number of nitrogens with one attached hydrogen (secondary N) is 1. The fourth-order valence-electron chi connectivity index (χ4n) is 2.45. The molecule has 0 aliphatic carbocycles. The van der Waals surface area contributed by atoms with Crippen molar-refractivity contribution < 1.29 is 23.1 Å². The summed E-state index contributed by atoms with van der Waals surface area (Å²) in [4.78, 5) is 16.6. The molecule has 3 aromatic rings. The van der Waals surface area contributed by atoms with E-state index in [0.29, 0.717) is 21.0 Å². The summed E-state index contributed by atoms with van der Waals surface area (Å²) in [5, 5.41) is 21.6. The molecule has 1 atom stereocenters. The van der Waals surface area contributed by atoms with Crippen molar-refractivity contribution in [2.24, 2.45) is 0 Å². The van der Waals surface area contributed by atoms with E-state index in [-0.39, 0.29) is 17.9 Å². The smallest absolute Gasteiger partial charge is 0.394 e. The lowest BCUT2D eigenvalue weighted by atomic mass is 10.0. The molecule has 8 nitrogen and oxygen atoms in total. The number of tetrazole rings is 1. The highest BCUT2D eigenvalue weighted by atomic mass is 35.5. The van der Waals surface area contributed by atoms with Crippen LogP contribution in [0, 0.1) is 0 Å². The van der Waals surface area contributed by atoms with E-state index in [2.05, 4.69) is 25.8 Å². The Morgan fingerprint density at radius 3 is 2.69 bits per heavy atom. The maximum Gasteiger partial charge on any atom is 0.453 e. The van der Waals surface area contributed by atoms with Crippen LogP contribution in [0.1, 0.15) is 23.1 Å². The first kappa shape index (κ1) is 20.7. The molecule has 0 aliphatic rings. The SMILES string of the molecule is C[C@@H](CO)NC(=O)c1cc(-c2ccc(Cl)cn2)cc(-n2nnnc2C(F)(F)F)c1. The number of pyridine rings is 1. The number of halogens is 4. The second-order valence-corrected chi connectivity index (χ2v) is 6.54. The molecule has 0 bridgehead atoms. The van der Waals surface area contributed by atoms with Crippen molar-refractivity contribution in [3.63, 3.8) is 0 Å². The summed E-state index contributed by atoms with van der Waals surface area (Å²) in [6.07, 6.45) is -3.43. The average molecular weight is 427 g/mol. The molecule has 0 unspecified atom stereocenters. The van der Waals surface area contributed by atoms with Crippen molar-refractivity contribution in [3.05, 3.63) is 52.9 Å². The van der Waals surface area contributed by atoms with E-state index in [4.69, 9.17) is 16.7 Å². The third-order valence-electron chi connectivity index (χ3n) is 3.82. The number of hydrogen-bond donors (Lipinski definition) is 2. The van der Waals surface area contributed by atoms with Crippen LogP contribution in [0.3, 0.4) is 0 Å². The second-order valence-electron chi connectivity index (χ2n) is 6.10. The van der Waals surface area contributed by atoms with Crippen LogP contribution < -0.4 is 5.32 Å². The van der Waals surface area contributed by atoms with Crippen molar-refractivity contribution in [1.82, 2.24) is 30.5 Å².